The van der Waals surface area contributed by atoms with Crippen LogP contribution in [0.5, 0.6) is 11.5 Å². The highest BCUT2D eigenvalue weighted by atomic mass is 16.5. The first-order valence-corrected chi connectivity index (χ1v) is 12.2. The molecule has 3 aliphatic rings. The molecule has 9 heteroatoms. The first-order valence-electron chi connectivity index (χ1n) is 12.2. The van der Waals surface area contributed by atoms with Gasteiger partial charge in [0.15, 0.2) is 18.1 Å². The molecule has 0 atom stereocenters. The fourth-order valence-corrected chi connectivity index (χ4v) is 4.67. The fourth-order valence-electron chi connectivity index (χ4n) is 4.67. The summed E-state index contributed by atoms with van der Waals surface area (Å²) in [5.41, 5.74) is 1.71. The van der Waals surface area contributed by atoms with Crippen molar-refractivity contribution in [1.29, 1.82) is 0 Å². The summed E-state index contributed by atoms with van der Waals surface area (Å²) >= 11 is 0. The lowest BCUT2D eigenvalue weighted by atomic mass is 10.0. The molecular weight excluding hydrogens is 446 g/mol. The molecule has 2 fully saturated rings. The highest BCUT2D eigenvalue weighted by Gasteiger charge is 2.33. The quantitative estimate of drug-likeness (QED) is 0.535. The summed E-state index contributed by atoms with van der Waals surface area (Å²) in [5.74, 6) is 3.99. The second-order valence-electron chi connectivity index (χ2n) is 10.1. The van der Waals surface area contributed by atoms with Crippen LogP contribution >= 0.6 is 0 Å². The second kappa shape index (κ2) is 8.55. The minimum atomic E-state index is -0.251. The average Bonchev–Trinajstić information content (AvgIpc) is 3.50. The van der Waals surface area contributed by atoms with Gasteiger partial charge in [-0.05, 0) is 44.9 Å². The Morgan fingerprint density at radius 2 is 1.97 bits per heavy atom. The van der Waals surface area contributed by atoms with Gasteiger partial charge in [0, 0.05) is 55.8 Å². The summed E-state index contributed by atoms with van der Waals surface area (Å²) in [5, 5.41) is 4.08. The SMILES string of the molecule is CC1(C)Cc2cccc(OCC(=O)N3CCN(c4ccc(-c5noc(C6CC6)n5)cn4)CC3)c2O1. The summed E-state index contributed by atoms with van der Waals surface area (Å²) in [6.07, 6.45) is 4.87. The number of nitrogens with zero attached hydrogens (tertiary/aromatic N) is 5. The van der Waals surface area contributed by atoms with E-state index in [0.29, 0.717) is 43.7 Å². The molecule has 0 spiro atoms. The Morgan fingerprint density at radius 3 is 2.71 bits per heavy atom. The molecule has 1 amide bonds. The van der Waals surface area contributed by atoms with Crippen molar-refractivity contribution in [3.63, 3.8) is 0 Å². The maximum Gasteiger partial charge on any atom is 0.260 e. The van der Waals surface area contributed by atoms with E-state index >= 15 is 0 Å². The number of para-hydroxylation sites is 1. The minimum Gasteiger partial charge on any atom is -0.483 e. The van der Waals surface area contributed by atoms with E-state index in [-0.39, 0.29) is 18.1 Å². The molecule has 6 rings (SSSR count). The summed E-state index contributed by atoms with van der Waals surface area (Å²) in [7, 11) is 0. The number of anilines is 1. The molecule has 1 saturated carbocycles. The Hall–Kier alpha value is -3.62. The molecule has 3 aromatic rings. The van der Waals surface area contributed by atoms with Crippen molar-refractivity contribution in [1.82, 2.24) is 20.0 Å². The van der Waals surface area contributed by atoms with E-state index < -0.39 is 0 Å². The number of ether oxygens (including phenoxy) is 2. The van der Waals surface area contributed by atoms with Gasteiger partial charge in [-0.2, -0.15) is 4.98 Å². The van der Waals surface area contributed by atoms with E-state index in [1.165, 1.54) is 0 Å². The lowest BCUT2D eigenvalue weighted by molar-refractivity contribution is -0.133. The maximum atomic E-state index is 12.8. The highest BCUT2D eigenvalue weighted by Crippen LogP contribution is 2.42. The number of pyridine rings is 1. The largest absolute Gasteiger partial charge is 0.483 e. The number of hydrogen-bond donors (Lipinski definition) is 0. The van der Waals surface area contributed by atoms with E-state index in [9.17, 15) is 4.79 Å². The number of amides is 1. The summed E-state index contributed by atoms with van der Waals surface area (Å²) < 4.78 is 17.3. The van der Waals surface area contributed by atoms with Crippen LogP contribution in [0.3, 0.4) is 0 Å². The van der Waals surface area contributed by atoms with Gasteiger partial charge in [-0.3, -0.25) is 4.79 Å². The Morgan fingerprint density at radius 1 is 1.14 bits per heavy atom. The van der Waals surface area contributed by atoms with Crippen molar-refractivity contribution in [2.24, 2.45) is 0 Å². The molecule has 0 N–H and O–H groups in total. The van der Waals surface area contributed by atoms with Crippen molar-refractivity contribution in [3.05, 3.63) is 48.0 Å². The Balaban J connectivity index is 1.02. The summed E-state index contributed by atoms with van der Waals surface area (Å²) in [4.78, 5) is 25.9. The predicted molar refractivity (Wildman–Crippen MR) is 129 cm³/mol. The first-order chi connectivity index (χ1) is 16.9. The van der Waals surface area contributed by atoms with Crippen LogP contribution in [0.4, 0.5) is 5.82 Å². The zero-order valence-corrected chi connectivity index (χ0v) is 20.1. The van der Waals surface area contributed by atoms with Crippen LogP contribution in [0.2, 0.25) is 0 Å². The standard InChI is InChI=1S/C26H29N5O4/c1-26(2)14-18-4-3-5-20(23(18)34-26)33-16-22(32)31-12-10-30(11-13-31)21-9-8-19(15-27-21)24-28-25(35-29-24)17-6-7-17/h3-5,8-9,15,17H,6-7,10-14,16H2,1-2H3. The lowest BCUT2D eigenvalue weighted by Crippen LogP contribution is -2.50. The van der Waals surface area contributed by atoms with Gasteiger partial charge in [0.05, 0.1) is 0 Å². The number of hydrogen-bond acceptors (Lipinski definition) is 8. The molecule has 2 aliphatic heterocycles. The van der Waals surface area contributed by atoms with E-state index in [1.54, 1.807) is 6.20 Å². The zero-order chi connectivity index (χ0) is 24.0. The molecule has 2 aromatic heterocycles. The van der Waals surface area contributed by atoms with Gasteiger partial charge in [0.25, 0.3) is 5.91 Å². The van der Waals surface area contributed by atoms with Crippen LogP contribution in [0.15, 0.2) is 41.1 Å². The Labute approximate surface area is 204 Å². The monoisotopic (exact) mass is 475 g/mol. The summed E-state index contributed by atoms with van der Waals surface area (Å²) in [6.45, 7) is 6.78. The maximum absolute atomic E-state index is 12.8. The van der Waals surface area contributed by atoms with Gasteiger partial charge >= 0.3 is 0 Å². The normalized spacial score (nSPS) is 18.8. The number of carbonyl (C=O) groups excluding carboxylic acids is 1. The van der Waals surface area contributed by atoms with Crippen molar-refractivity contribution in [2.45, 2.75) is 44.6 Å². The van der Waals surface area contributed by atoms with Crippen LogP contribution in [-0.4, -0.2) is 64.3 Å². The number of rotatable bonds is 6. The highest BCUT2D eigenvalue weighted by molar-refractivity contribution is 5.78. The number of benzene rings is 1. The van der Waals surface area contributed by atoms with Gasteiger partial charge in [0.1, 0.15) is 11.4 Å². The Bertz CT molecular complexity index is 1230. The minimum absolute atomic E-state index is 0.000729. The molecule has 0 bridgehead atoms. The third kappa shape index (κ3) is 4.54. The molecule has 1 saturated heterocycles. The van der Waals surface area contributed by atoms with Gasteiger partial charge in [-0.1, -0.05) is 17.3 Å². The number of fused-ring (bicyclic) bond motifs is 1. The van der Waals surface area contributed by atoms with Crippen LogP contribution < -0.4 is 14.4 Å². The zero-order valence-electron chi connectivity index (χ0n) is 20.1. The van der Waals surface area contributed by atoms with E-state index in [2.05, 4.69) is 33.9 Å². The fraction of sp³-hybridized carbons (Fsp3) is 0.462. The second-order valence-corrected chi connectivity index (χ2v) is 10.1. The molecule has 35 heavy (non-hydrogen) atoms. The third-order valence-corrected chi connectivity index (χ3v) is 6.74. The van der Waals surface area contributed by atoms with E-state index in [1.807, 2.05) is 35.2 Å². The summed E-state index contributed by atoms with van der Waals surface area (Å²) in [6, 6.07) is 9.80. The van der Waals surface area contributed by atoms with Gasteiger partial charge in [-0.25, -0.2) is 4.98 Å². The van der Waals surface area contributed by atoms with Crippen molar-refractivity contribution in [3.8, 4) is 22.9 Å². The van der Waals surface area contributed by atoms with Crippen molar-refractivity contribution < 1.29 is 18.8 Å². The molecule has 1 aliphatic carbocycles. The smallest absolute Gasteiger partial charge is 0.260 e. The van der Waals surface area contributed by atoms with Gasteiger partial charge in [-0.15, -0.1) is 0 Å². The van der Waals surface area contributed by atoms with Gasteiger partial charge < -0.3 is 23.8 Å². The van der Waals surface area contributed by atoms with Crippen LogP contribution in [0.1, 0.15) is 44.1 Å². The number of carbonyl (C=O) groups is 1. The first kappa shape index (κ1) is 21.9. The molecule has 1 aromatic carbocycles. The molecule has 4 heterocycles. The van der Waals surface area contributed by atoms with E-state index in [0.717, 1.165) is 47.8 Å². The molecular formula is C26H29N5O4. The van der Waals surface area contributed by atoms with Crippen molar-refractivity contribution >= 4 is 11.7 Å². The topological polar surface area (TPSA) is 93.8 Å². The van der Waals surface area contributed by atoms with Crippen LogP contribution in [-0.2, 0) is 11.2 Å². The van der Waals surface area contributed by atoms with Gasteiger partial charge in [0.2, 0.25) is 11.7 Å². The molecule has 0 radical (unpaired) electrons. The van der Waals surface area contributed by atoms with Crippen LogP contribution in [0.25, 0.3) is 11.4 Å². The lowest BCUT2D eigenvalue weighted by Gasteiger charge is -2.35. The van der Waals surface area contributed by atoms with E-state index in [4.69, 9.17) is 14.0 Å². The number of piperazine rings is 1. The third-order valence-electron chi connectivity index (χ3n) is 6.74. The average molecular weight is 476 g/mol. The molecule has 0 unspecified atom stereocenters. The molecule has 9 nitrogen and oxygen atoms in total. The Kier molecular flexibility index (Phi) is 5.35. The predicted octanol–water partition coefficient (Wildman–Crippen LogP) is 3.45. The molecule has 182 valence electrons. The number of aromatic nitrogens is 3. The van der Waals surface area contributed by atoms with Crippen LogP contribution in [0, 0.1) is 0 Å². The van der Waals surface area contributed by atoms with Crippen molar-refractivity contribution in [2.75, 3.05) is 37.7 Å².